The van der Waals surface area contributed by atoms with Crippen molar-refractivity contribution in [2.45, 2.75) is 31.4 Å². The lowest BCUT2D eigenvalue weighted by Crippen LogP contribution is -2.40. The number of hydrogen-bond donors (Lipinski definition) is 2. The normalized spacial score (nSPS) is 20.2. The number of hydrogen-bond acceptors (Lipinski definition) is 6. The van der Waals surface area contributed by atoms with Crippen molar-refractivity contribution in [2.24, 2.45) is 0 Å². The molecule has 1 saturated heterocycles. The van der Waals surface area contributed by atoms with Crippen LogP contribution in [0.15, 0.2) is 24.8 Å². The van der Waals surface area contributed by atoms with Crippen LogP contribution < -0.4 is 10.6 Å². The minimum atomic E-state index is -4.62. The van der Waals surface area contributed by atoms with Gasteiger partial charge in [-0.3, -0.25) is 4.79 Å². The highest BCUT2D eigenvalue weighted by Gasteiger charge is 2.34. The number of halogens is 4. The second-order valence-corrected chi connectivity index (χ2v) is 5.70. The zero-order chi connectivity index (χ0) is 18.7. The van der Waals surface area contributed by atoms with Crippen LogP contribution in [0.3, 0.4) is 0 Å². The third-order valence-electron chi connectivity index (χ3n) is 3.76. The van der Waals surface area contributed by atoms with E-state index >= 15 is 0 Å². The first-order valence-corrected chi connectivity index (χ1v) is 7.68. The summed E-state index contributed by atoms with van der Waals surface area (Å²) < 4.78 is 50.6. The average Bonchev–Trinajstić information content (AvgIpc) is 3.06. The maximum atomic E-state index is 13.1. The second-order valence-electron chi connectivity index (χ2n) is 5.70. The van der Waals surface area contributed by atoms with Crippen molar-refractivity contribution >= 4 is 5.91 Å². The number of nitrogens with one attached hydrogen (secondary N) is 2. The SMILES string of the molecule is O=C(NCc1cc(-c2cnc(C(F)(F)F)nc2)ncn1)C1CC(F)CN1. The van der Waals surface area contributed by atoms with Crippen molar-refractivity contribution in [1.82, 2.24) is 30.6 Å². The number of amides is 1. The molecule has 26 heavy (non-hydrogen) atoms. The number of carbonyl (C=O) groups is 1. The van der Waals surface area contributed by atoms with E-state index < -0.39 is 24.2 Å². The van der Waals surface area contributed by atoms with E-state index in [1.807, 2.05) is 0 Å². The van der Waals surface area contributed by atoms with Gasteiger partial charge in [0.25, 0.3) is 0 Å². The number of nitrogens with zero attached hydrogens (tertiary/aromatic N) is 4. The van der Waals surface area contributed by atoms with Crippen molar-refractivity contribution in [2.75, 3.05) is 6.54 Å². The van der Waals surface area contributed by atoms with Gasteiger partial charge in [-0.25, -0.2) is 24.3 Å². The molecule has 1 aliphatic heterocycles. The fraction of sp³-hybridized carbons (Fsp3) is 0.400. The van der Waals surface area contributed by atoms with Crippen LogP contribution in [-0.4, -0.2) is 44.6 Å². The van der Waals surface area contributed by atoms with Crippen LogP contribution in [0.5, 0.6) is 0 Å². The lowest BCUT2D eigenvalue weighted by atomic mass is 10.2. The van der Waals surface area contributed by atoms with Crippen molar-refractivity contribution in [1.29, 1.82) is 0 Å². The third kappa shape index (κ3) is 4.28. The number of carbonyl (C=O) groups excluding carboxylic acids is 1. The van der Waals surface area contributed by atoms with Crippen molar-refractivity contribution in [3.8, 4) is 11.3 Å². The van der Waals surface area contributed by atoms with Gasteiger partial charge in [-0.2, -0.15) is 13.2 Å². The Bertz CT molecular complexity index is 782. The van der Waals surface area contributed by atoms with Gasteiger partial charge in [0.15, 0.2) is 0 Å². The van der Waals surface area contributed by atoms with Crippen LogP contribution in [0.4, 0.5) is 17.6 Å². The lowest BCUT2D eigenvalue weighted by Gasteiger charge is -2.11. The van der Waals surface area contributed by atoms with Gasteiger partial charge in [-0.1, -0.05) is 0 Å². The van der Waals surface area contributed by atoms with E-state index in [0.29, 0.717) is 11.4 Å². The molecule has 2 atom stereocenters. The summed E-state index contributed by atoms with van der Waals surface area (Å²) in [4.78, 5) is 26.5. The molecule has 1 aliphatic rings. The van der Waals surface area contributed by atoms with Crippen molar-refractivity contribution in [3.05, 3.63) is 36.3 Å². The molecular weight excluding hydrogens is 356 g/mol. The predicted octanol–water partition coefficient (Wildman–Crippen LogP) is 1.27. The molecule has 0 aliphatic carbocycles. The fourth-order valence-electron chi connectivity index (χ4n) is 2.45. The minimum Gasteiger partial charge on any atom is -0.349 e. The van der Waals surface area contributed by atoms with Crippen LogP contribution in [0.25, 0.3) is 11.3 Å². The Morgan fingerprint density at radius 2 is 1.96 bits per heavy atom. The zero-order valence-corrected chi connectivity index (χ0v) is 13.3. The third-order valence-corrected chi connectivity index (χ3v) is 3.76. The molecule has 138 valence electrons. The van der Waals surface area contributed by atoms with Crippen LogP contribution in [0.1, 0.15) is 17.9 Å². The molecule has 2 aromatic rings. The first-order valence-electron chi connectivity index (χ1n) is 7.68. The van der Waals surface area contributed by atoms with Crippen molar-refractivity contribution in [3.63, 3.8) is 0 Å². The van der Waals surface area contributed by atoms with Gasteiger partial charge in [0, 0.05) is 30.9 Å². The molecule has 0 saturated carbocycles. The van der Waals surface area contributed by atoms with Gasteiger partial charge in [0.1, 0.15) is 12.5 Å². The summed E-state index contributed by atoms with van der Waals surface area (Å²) in [6.07, 6.45) is -2.29. The van der Waals surface area contributed by atoms with E-state index in [1.165, 1.54) is 12.4 Å². The van der Waals surface area contributed by atoms with Gasteiger partial charge in [-0.15, -0.1) is 0 Å². The van der Waals surface area contributed by atoms with E-state index in [4.69, 9.17) is 0 Å². The smallest absolute Gasteiger partial charge is 0.349 e. The Morgan fingerprint density at radius 3 is 2.58 bits per heavy atom. The molecule has 1 fully saturated rings. The maximum absolute atomic E-state index is 13.1. The van der Waals surface area contributed by atoms with Crippen molar-refractivity contribution < 1.29 is 22.4 Å². The summed E-state index contributed by atoms with van der Waals surface area (Å²) in [5.41, 5.74) is 1.05. The Kier molecular flexibility index (Phi) is 5.07. The zero-order valence-electron chi connectivity index (χ0n) is 13.3. The Labute approximate surface area is 145 Å². The summed E-state index contributed by atoms with van der Waals surface area (Å²) in [6.45, 7) is 0.217. The highest BCUT2D eigenvalue weighted by atomic mass is 19.4. The summed E-state index contributed by atoms with van der Waals surface area (Å²) in [5.74, 6) is -1.58. The molecular formula is C15H14F4N6O. The summed E-state index contributed by atoms with van der Waals surface area (Å²) >= 11 is 0. The molecule has 0 bridgehead atoms. The first kappa shape index (κ1) is 18.1. The van der Waals surface area contributed by atoms with Gasteiger partial charge < -0.3 is 10.6 Å². The molecule has 2 aromatic heterocycles. The van der Waals surface area contributed by atoms with Gasteiger partial charge in [0.2, 0.25) is 11.7 Å². The molecule has 11 heteroatoms. The van der Waals surface area contributed by atoms with Gasteiger partial charge >= 0.3 is 6.18 Å². The lowest BCUT2D eigenvalue weighted by molar-refractivity contribution is -0.145. The quantitative estimate of drug-likeness (QED) is 0.788. The Balaban J connectivity index is 1.65. The summed E-state index contributed by atoms with van der Waals surface area (Å²) in [6, 6.07) is 0.918. The predicted molar refractivity (Wildman–Crippen MR) is 81.2 cm³/mol. The standard InChI is InChI=1S/C15H14F4N6O/c16-9-1-12(20-5-9)13(26)21-6-10-2-11(25-7-24-10)8-3-22-14(23-4-8)15(17,18)19/h2-4,7,9,12,20H,1,5-6H2,(H,21,26). The maximum Gasteiger partial charge on any atom is 0.451 e. The molecule has 7 nitrogen and oxygen atoms in total. The van der Waals surface area contributed by atoms with Gasteiger partial charge in [0.05, 0.1) is 24.0 Å². The molecule has 0 spiro atoms. The molecule has 3 rings (SSSR count). The Hall–Kier alpha value is -2.69. The van der Waals surface area contributed by atoms with Crippen LogP contribution in [0, 0.1) is 0 Å². The monoisotopic (exact) mass is 370 g/mol. The summed E-state index contributed by atoms with van der Waals surface area (Å²) in [5, 5.41) is 5.40. The highest BCUT2D eigenvalue weighted by Crippen LogP contribution is 2.26. The van der Waals surface area contributed by atoms with E-state index in [-0.39, 0.29) is 31.0 Å². The highest BCUT2D eigenvalue weighted by molar-refractivity contribution is 5.82. The van der Waals surface area contributed by atoms with E-state index in [0.717, 1.165) is 12.4 Å². The Morgan fingerprint density at radius 1 is 1.23 bits per heavy atom. The number of rotatable bonds is 4. The van der Waals surface area contributed by atoms with E-state index in [1.54, 1.807) is 0 Å². The average molecular weight is 370 g/mol. The number of alkyl halides is 4. The summed E-state index contributed by atoms with van der Waals surface area (Å²) in [7, 11) is 0. The molecule has 0 radical (unpaired) electrons. The first-order chi connectivity index (χ1) is 12.3. The second kappa shape index (κ2) is 7.28. The molecule has 2 unspecified atom stereocenters. The molecule has 1 amide bonds. The van der Waals surface area contributed by atoms with E-state index in [9.17, 15) is 22.4 Å². The molecule has 3 heterocycles. The molecule has 0 aromatic carbocycles. The number of aromatic nitrogens is 4. The van der Waals surface area contributed by atoms with Crippen LogP contribution in [-0.2, 0) is 17.5 Å². The molecule has 2 N–H and O–H groups in total. The van der Waals surface area contributed by atoms with E-state index in [2.05, 4.69) is 30.6 Å². The largest absolute Gasteiger partial charge is 0.451 e. The van der Waals surface area contributed by atoms with Crippen LogP contribution in [0.2, 0.25) is 0 Å². The minimum absolute atomic E-state index is 0.0744. The topological polar surface area (TPSA) is 92.7 Å². The fourth-order valence-corrected chi connectivity index (χ4v) is 2.45. The van der Waals surface area contributed by atoms with Gasteiger partial charge in [-0.05, 0) is 6.07 Å². The van der Waals surface area contributed by atoms with Crippen LogP contribution >= 0.6 is 0 Å².